The van der Waals surface area contributed by atoms with Crippen LogP contribution in [0.2, 0.25) is 10.0 Å². The predicted octanol–water partition coefficient (Wildman–Crippen LogP) is 3.10. The summed E-state index contributed by atoms with van der Waals surface area (Å²) >= 11 is 12.0. The van der Waals surface area contributed by atoms with Crippen LogP contribution in [0.3, 0.4) is 0 Å². The van der Waals surface area contributed by atoms with Crippen molar-refractivity contribution < 1.29 is 19.1 Å². The molecule has 2 aromatic rings. The molecular formula is C21H27Cl2N3O4. The van der Waals surface area contributed by atoms with E-state index < -0.39 is 0 Å². The van der Waals surface area contributed by atoms with Gasteiger partial charge < -0.3 is 23.8 Å². The number of hydrogen-bond donors (Lipinski definition) is 0. The summed E-state index contributed by atoms with van der Waals surface area (Å²) in [5.41, 5.74) is 1.35. The first-order valence-corrected chi connectivity index (χ1v) is 10.2. The predicted molar refractivity (Wildman–Crippen MR) is 117 cm³/mol. The third kappa shape index (κ3) is 6.74. The Morgan fingerprint density at radius 2 is 1.67 bits per heavy atom. The number of amides is 2. The van der Waals surface area contributed by atoms with Crippen molar-refractivity contribution in [1.82, 2.24) is 14.4 Å². The average molecular weight is 456 g/mol. The van der Waals surface area contributed by atoms with Gasteiger partial charge in [0, 0.05) is 51.8 Å². The zero-order chi connectivity index (χ0) is 22.1. The quantitative estimate of drug-likeness (QED) is 0.522. The van der Waals surface area contributed by atoms with Crippen molar-refractivity contribution in [2.24, 2.45) is 7.05 Å². The maximum Gasteiger partial charge on any atom is 0.254 e. The molecule has 30 heavy (non-hydrogen) atoms. The molecule has 0 aliphatic rings. The molecule has 2 amide bonds. The zero-order valence-electron chi connectivity index (χ0n) is 17.4. The van der Waals surface area contributed by atoms with E-state index in [-0.39, 0.29) is 29.9 Å². The van der Waals surface area contributed by atoms with E-state index >= 15 is 0 Å². The van der Waals surface area contributed by atoms with Gasteiger partial charge in [-0.2, -0.15) is 0 Å². The van der Waals surface area contributed by atoms with Crippen molar-refractivity contribution in [3.05, 3.63) is 57.8 Å². The van der Waals surface area contributed by atoms with Crippen LogP contribution in [0.1, 0.15) is 16.1 Å². The van der Waals surface area contributed by atoms with Gasteiger partial charge >= 0.3 is 0 Å². The Bertz CT molecular complexity index is 857. The summed E-state index contributed by atoms with van der Waals surface area (Å²) in [6, 6.07) is 8.54. The Hall–Kier alpha value is -2.06. The van der Waals surface area contributed by atoms with Gasteiger partial charge in [0.05, 0.1) is 29.8 Å². The minimum Gasteiger partial charge on any atom is -0.383 e. The molecule has 0 aliphatic heterocycles. The lowest BCUT2D eigenvalue weighted by Gasteiger charge is -2.28. The lowest BCUT2D eigenvalue weighted by molar-refractivity contribution is -0.133. The monoisotopic (exact) mass is 455 g/mol. The van der Waals surface area contributed by atoms with Crippen LogP contribution in [-0.4, -0.2) is 73.2 Å². The van der Waals surface area contributed by atoms with Crippen LogP contribution in [0.4, 0.5) is 0 Å². The molecule has 0 atom stereocenters. The minimum atomic E-state index is -0.315. The van der Waals surface area contributed by atoms with Gasteiger partial charge in [-0.3, -0.25) is 9.59 Å². The van der Waals surface area contributed by atoms with Gasteiger partial charge in [-0.25, -0.2) is 0 Å². The number of halogens is 2. The summed E-state index contributed by atoms with van der Waals surface area (Å²) in [5.74, 6) is -0.498. The Morgan fingerprint density at radius 3 is 2.23 bits per heavy atom. The molecule has 0 bridgehead atoms. The normalized spacial score (nSPS) is 10.8. The Kier molecular flexibility index (Phi) is 9.65. The molecule has 7 nitrogen and oxygen atoms in total. The van der Waals surface area contributed by atoms with Crippen molar-refractivity contribution in [3.8, 4) is 0 Å². The van der Waals surface area contributed by atoms with E-state index in [1.54, 1.807) is 31.3 Å². The molecule has 0 saturated carbocycles. The zero-order valence-corrected chi connectivity index (χ0v) is 18.9. The summed E-state index contributed by atoms with van der Waals surface area (Å²) in [5, 5.41) is 0.645. The largest absolute Gasteiger partial charge is 0.383 e. The summed E-state index contributed by atoms with van der Waals surface area (Å²) in [4.78, 5) is 29.3. The second-order valence-corrected chi connectivity index (χ2v) is 7.58. The van der Waals surface area contributed by atoms with Gasteiger partial charge in [0.15, 0.2) is 0 Å². The number of benzene rings is 1. The van der Waals surface area contributed by atoms with Gasteiger partial charge in [-0.05, 0) is 30.3 Å². The SMILES string of the molecule is COCCN(Cc1cccn1C)C(=O)CN(CCOC)C(=O)c1ccc(Cl)c(Cl)c1. The number of aryl methyl sites for hydroxylation is 1. The molecule has 0 aliphatic carbocycles. The van der Waals surface area contributed by atoms with Gasteiger partial charge in [-0.15, -0.1) is 0 Å². The maximum absolute atomic E-state index is 13.1. The molecule has 0 unspecified atom stereocenters. The van der Waals surface area contributed by atoms with Gasteiger partial charge in [0.2, 0.25) is 5.91 Å². The molecule has 0 N–H and O–H groups in total. The van der Waals surface area contributed by atoms with E-state index in [2.05, 4.69) is 0 Å². The first-order valence-electron chi connectivity index (χ1n) is 9.47. The first-order chi connectivity index (χ1) is 14.4. The molecule has 0 saturated heterocycles. The number of carbonyl (C=O) groups is 2. The standard InChI is InChI=1S/C21H27Cl2N3O4/c1-24-8-4-5-17(24)14-25(9-11-29-2)20(27)15-26(10-12-30-3)21(28)16-6-7-18(22)19(23)13-16/h4-8,13H,9-12,14-15H2,1-3H3. The molecule has 164 valence electrons. The van der Waals surface area contributed by atoms with E-state index in [9.17, 15) is 9.59 Å². The molecule has 1 aromatic carbocycles. The fourth-order valence-electron chi connectivity index (χ4n) is 2.88. The first kappa shape index (κ1) is 24.2. The second-order valence-electron chi connectivity index (χ2n) is 6.77. The molecule has 1 heterocycles. The summed E-state index contributed by atoms with van der Waals surface area (Å²) < 4.78 is 12.2. The van der Waals surface area contributed by atoms with Crippen LogP contribution in [0, 0.1) is 0 Å². The van der Waals surface area contributed by atoms with Crippen molar-refractivity contribution in [1.29, 1.82) is 0 Å². The fraction of sp³-hybridized carbons (Fsp3) is 0.429. The number of nitrogens with zero attached hydrogens (tertiary/aromatic N) is 3. The fourth-order valence-corrected chi connectivity index (χ4v) is 3.18. The van der Waals surface area contributed by atoms with Crippen LogP contribution in [-0.2, 0) is 27.9 Å². The smallest absolute Gasteiger partial charge is 0.254 e. The summed E-state index contributed by atoms with van der Waals surface area (Å²) in [6.07, 6.45) is 1.92. The molecule has 0 fully saturated rings. The van der Waals surface area contributed by atoms with Crippen LogP contribution >= 0.6 is 23.2 Å². The van der Waals surface area contributed by atoms with Crippen LogP contribution in [0.15, 0.2) is 36.5 Å². The molecule has 9 heteroatoms. The molecular weight excluding hydrogens is 429 g/mol. The van der Waals surface area contributed by atoms with E-state index in [1.165, 1.54) is 11.0 Å². The Morgan fingerprint density at radius 1 is 1.00 bits per heavy atom. The molecule has 0 radical (unpaired) electrons. The summed E-state index contributed by atoms with van der Waals surface area (Å²) in [7, 11) is 5.06. The second kappa shape index (κ2) is 12.0. The third-order valence-corrected chi connectivity index (χ3v) is 5.41. The highest BCUT2D eigenvalue weighted by Crippen LogP contribution is 2.23. The average Bonchev–Trinajstić information content (AvgIpc) is 3.14. The van der Waals surface area contributed by atoms with E-state index in [4.69, 9.17) is 32.7 Å². The van der Waals surface area contributed by atoms with Crippen LogP contribution in [0.5, 0.6) is 0 Å². The lowest BCUT2D eigenvalue weighted by Crippen LogP contribution is -2.45. The topological polar surface area (TPSA) is 64.0 Å². The van der Waals surface area contributed by atoms with Crippen molar-refractivity contribution >= 4 is 35.0 Å². The maximum atomic E-state index is 13.1. The molecule has 1 aromatic heterocycles. The number of methoxy groups -OCH3 is 2. The lowest BCUT2D eigenvalue weighted by atomic mass is 10.2. The van der Waals surface area contributed by atoms with Crippen LogP contribution in [0.25, 0.3) is 0 Å². The molecule has 2 rings (SSSR count). The number of ether oxygens (including phenoxy) is 2. The number of hydrogen-bond acceptors (Lipinski definition) is 4. The van der Waals surface area contributed by atoms with Crippen molar-refractivity contribution in [3.63, 3.8) is 0 Å². The Balaban J connectivity index is 2.18. The van der Waals surface area contributed by atoms with E-state index in [0.29, 0.717) is 36.9 Å². The van der Waals surface area contributed by atoms with Gasteiger partial charge in [0.25, 0.3) is 5.91 Å². The number of aromatic nitrogens is 1. The van der Waals surface area contributed by atoms with E-state index in [0.717, 1.165) is 5.69 Å². The van der Waals surface area contributed by atoms with E-state index in [1.807, 2.05) is 29.9 Å². The van der Waals surface area contributed by atoms with Gasteiger partial charge in [-0.1, -0.05) is 23.2 Å². The van der Waals surface area contributed by atoms with Gasteiger partial charge in [0.1, 0.15) is 6.54 Å². The minimum absolute atomic E-state index is 0.0867. The number of rotatable bonds is 11. The van der Waals surface area contributed by atoms with Crippen molar-refractivity contribution in [2.45, 2.75) is 6.54 Å². The highest BCUT2D eigenvalue weighted by molar-refractivity contribution is 6.42. The number of carbonyl (C=O) groups excluding carboxylic acids is 2. The highest BCUT2D eigenvalue weighted by Gasteiger charge is 2.23. The van der Waals surface area contributed by atoms with Crippen LogP contribution < -0.4 is 0 Å². The molecule has 0 spiro atoms. The van der Waals surface area contributed by atoms with Crippen molar-refractivity contribution in [2.75, 3.05) is 47.1 Å². The third-order valence-electron chi connectivity index (χ3n) is 4.67. The highest BCUT2D eigenvalue weighted by atomic mass is 35.5. The summed E-state index contributed by atoms with van der Waals surface area (Å²) in [6.45, 7) is 1.72. The Labute approximate surface area is 187 Å².